The molecule has 5 heteroatoms. The highest BCUT2D eigenvalue weighted by molar-refractivity contribution is 9.10. The number of ether oxygens (including phenoxy) is 1. The molecule has 0 fully saturated rings. The van der Waals surface area contributed by atoms with E-state index in [2.05, 4.69) is 20.7 Å². The molecule has 1 aromatic rings. The monoisotopic (exact) mass is 247 g/mol. The van der Waals surface area contributed by atoms with Crippen molar-refractivity contribution in [1.29, 1.82) is 0 Å². The van der Waals surface area contributed by atoms with E-state index < -0.39 is 11.8 Å². The van der Waals surface area contributed by atoms with Crippen LogP contribution < -0.4 is 5.73 Å². The van der Waals surface area contributed by atoms with Gasteiger partial charge in [-0.25, -0.2) is 9.18 Å². The van der Waals surface area contributed by atoms with E-state index in [1.165, 1.54) is 19.2 Å². The number of rotatable bonds is 1. The van der Waals surface area contributed by atoms with Crippen LogP contribution in [0.1, 0.15) is 10.4 Å². The maximum absolute atomic E-state index is 13.1. The molecule has 0 aliphatic rings. The molecule has 1 aromatic carbocycles. The number of hydrogen-bond donors (Lipinski definition) is 1. The van der Waals surface area contributed by atoms with Gasteiger partial charge in [0.2, 0.25) is 0 Å². The number of carbonyl (C=O) groups excluding carboxylic acids is 1. The van der Waals surface area contributed by atoms with Gasteiger partial charge in [0.05, 0.1) is 22.8 Å². The molecule has 0 spiro atoms. The average Bonchev–Trinajstić information content (AvgIpc) is 2.13. The van der Waals surface area contributed by atoms with Crippen LogP contribution in [0.5, 0.6) is 0 Å². The third-order valence-corrected chi connectivity index (χ3v) is 2.29. The number of methoxy groups -OCH3 is 1. The molecule has 0 saturated carbocycles. The Labute approximate surface area is 82.8 Å². The number of esters is 1. The summed E-state index contributed by atoms with van der Waals surface area (Å²) in [6.45, 7) is 0. The lowest BCUT2D eigenvalue weighted by Crippen LogP contribution is -2.04. The Morgan fingerprint density at radius 3 is 2.77 bits per heavy atom. The molecule has 70 valence electrons. The summed E-state index contributed by atoms with van der Waals surface area (Å²) in [5.41, 5.74) is 5.38. The van der Waals surface area contributed by atoms with E-state index in [9.17, 15) is 9.18 Å². The predicted molar refractivity (Wildman–Crippen MR) is 49.9 cm³/mol. The first-order valence-electron chi connectivity index (χ1n) is 3.39. The van der Waals surface area contributed by atoms with Crippen LogP contribution >= 0.6 is 15.9 Å². The summed E-state index contributed by atoms with van der Waals surface area (Å²) in [5.74, 6) is -1.26. The van der Waals surface area contributed by atoms with Gasteiger partial charge in [0.25, 0.3) is 0 Å². The second-order valence-electron chi connectivity index (χ2n) is 2.32. The van der Waals surface area contributed by atoms with E-state index in [1.54, 1.807) is 0 Å². The van der Waals surface area contributed by atoms with Crippen molar-refractivity contribution in [3.63, 3.8) is 0 Å². The molecule has 0 aromatic heterocycles. The third-order valence-electron chi connectivity index (χ3n) is 1.52. The molecule has 0 bridgehead atoms. The lowest BCUT2D eigenvalue weighted by molar-refractivity contribution is 0.0599. The van der Waals surface area contributed by atoms with Crippen molar-refractivity contribution in [3.05, 3.63) is 28.0 Å². The van der Waals surface area contributed by atoms with Crippen molar-refractivity contribution < 1.29 is 13.9 Å². The topological polar surface area (TPSA) is 52.3 Å². The number of halogens is 2. The first-order valence-corrected chi connectivity index (χ1v) is 4.19. The van der Waals surface area contributed by atoms with E-state index in [1.807, 2.05) is 0 Å². The van der Waals surface area contributed by atoms with E-state index in [4.69, 9.17) is 5.73 Å². The summed E-state index contributed by atoms with van der Waals surface area (Å²) < 4.78 is 17.6. The fraction of sp³-hybridized carbons (Fsp3) is 0.125. The smallest absolute Gasteiger partial charge is 0.339 e. The van der Waals surface area contributed by atoms with Gasteiger partial charge in [-0.2, -0.15) is 0 Å². The fourth-order valence-corrected chi connectivity index (χ4v) is 1.35. The van der Waals surface area contributed by atoms with Gasteiger partial charge in [-0.3, -0.25) is 0 Å². The minimum absolute atomic E-state index is 0.0143. The summed E-state index contributed by atoms with van der Waals surface area (Å²) >= 11 is 2.92. The van der Waals surface area contributed by atoms with Crippen LogP contribution in [0.25, 0.3) is 0 Å². The maximum Gasteiger partial charge on any atom is 0.339 e. The number of nitrogens with two attached hydrogens (primary N) is 1. The van der Waals surface area contributed by atoms with Crippen LogP contribution in [0.2, 0.25) is 0 Å². The van der Waals surface area contributed by atoms with Gasteiger partial charge >= 0.3 is 5.97 Å². The number of nitrogen functional groups attached to an aromatic ring is 1. The Kier molecular flexibility index (Phi) is 2.87. The summed E-state index contributed by atoms with van der Waals surface area (Å²) in [5, 5.41) is 0. The average molecular weight is 248 g/mol. The highest BCUT2D eigenvalue weighted by atomic mass is 79.9. The molecule has 0 amide bonds. The Hall–Kier alpha value is -1.10. The van der Waals surface area contributed by atoms with Crippen LogP contribution in [0.4, 0.5) is 10.1 Å². The number of benzene rings is 1. The first-order chi connectivity index (χ1) is 6.07. The van der Waals surface area contributed by atoms with Crippen molar-refractivity contribution in [1.82, 2.24) is 0 Å². The highest BCUT2D eigenvalue weighted by Crippen LogP contribution is 2.25. The van der Waals surface area contributed by atoms with E-state index in [0.29, 0.717) is 0 Å². The molecule has 1 rings (SSSR count). The van der Waals surface area contributed by atoms with Crippen molar-refractivity contribution in [2.24, 2.45) is 0 Å². The van der Waals surface area contributed by atoms with Gasteiger partial charge < -0.3 is 10.5 Å². The van der Waals surface area contributed by atoms with Crippen molar-refractivity contribution >= 4 is 27.6 Å². The molecule has 2 N–H and O–H groups in total. The molecule has 0 aliphatic carbocycles. The van der Waals surface area contributed by atoms with E-state index in [0.717, 1.165) is 0 Å². The molecular formula is C8H7BrFNO2. The summed E-state index contributed by atoms with van der Waals surface area (Å²) in [6, 6.07) is 2.71. The number of anilines is 1. The normalized spacial score (nSPS) is 9.77. The van der Waals surface area contributed by atoms with Crippen molar-refractivity contribution in [3.8, 4) is 0 Å². The second kappa shape index (κ2) is 3.74. The molecule has 3 nitrogen and oxygen atoms in total. The van der Waals surface area contributed by atoms with Crippen LogP contribution in [-0.4, -0.2) is 13.1 Å². The molecule has 13 heavy (non-hydrogen) atoms. The molecule has 0 heterocycles. The van der Waals surface area contributed by atoms with Crippen molar-refractivity contribution in [2.75, 3.05) is 12.8 Å². The number of hydrogen-bond acceptors (Lipinski definition) is 3. The maximum atomic E-state index is 13.1. The van der Waals surface area contributed by atoms with Gasteiger partial charge in [-0.1, -0.05) is 0 Å². The third kappa shape index (κ3) is 1.80. The molecule has 0 unspecified atom stereocenters. The SMILES string of the molecule is COC(=O)c1ccc(N)c(F)c1Br. The minimum atomic E-state index is -0.650. The van der Waals surface area contributed by atoms with E-state index in [-0.39, 0.29) is 15.7 Å². The fourth-order valence-electron chi connectivity index (χ4n) is 0.832. The zero-order valence-electron chi connectivity index (χ0n) is 6.80. The molecule has 0 radical (unpaired) electrons. The largest absolute Gasteiger partial charge is 0.465 e. The molecular weight excluding hydrogens is 241 g/mol. The standard InChI is InChI=1S/C8H7BrFNO2/c1-13-8(12)4-2-3-5(11)7(10)6(4)9/h2-3H,11H2,1H3. The Morgan fingerprint density at radius 2 is 2.23 bits per heavy atom. The van der Waals surface area contributed by atoms with Crippen LogP contribution in [0.15, 0.2) is 16.6 Å². The highest BCUT2D eigenvalue weighted by Gasteiger charge is 2.15. The van der Waals surface area contributed by atoms with E-state index >= 15 is 0 Å². The second-order valence-corrected chi connectivity index (χ2v) is 3.11. The quantitative estimate of drug-likeness (QED) is 0.610. The number of carbonyl (C=O) groups is 1. The Balaban J connectivity index is 3.26. The summed E-state index contributed by atoms with van der Waals surface area (Å²) in [4.78, 5) is 11.0. The van der Waals surface area contributed by atoms with Gasteiger partial charge in [0.15, 0.2) is 5.82 Å². The van der Waals surface area contributed by atoms with Crippen molar-refractivity contribution in [2.45, 2.75) is 0 Å². The van der Waals surface area contributed by atoms with Crippen LogP contribution in [-0.2, 0) is 4.74 Å². The zero-order chi connectivity index (χ0) is 10.0. The van der Waals surface area contributed by atoms with Gasteiger partial charge in [-0.15, -0.1) is 0 Å². The summed E-state index contributed by atoms with van der Waals surface area (Å²) in [7, 11) is 1.23. The molecule has 0 saturated heterocycles. The minimum Gasteiger partial charge on any atom is -0.465 e. The lowest BCUT2D eigenvalue weighted by Gasteiger charge is -2.04. The predicted octanol–water partition coefficient (Wildman–Crippen LogP) is 1.96. The first kappa shape index (κ1) is 9.98. The van der Waals surface area contributed by atoms with Crippen LogP contribution in [0.3, 0.4) is 0 Å². The zero-order valence-corrected chi connectivity index (χ0v) is 8.39. The Bertz CT molecular complexity index is 354. The van der Waals surface area contributed by atoms with Crippen LogP contribution in [0, 0.1) is 5.82 Å². The van der Waals surface area contributed by atoms with Gasteiger partial charge in [-0.05, 0) is 28.1 Å². The molecule has 0 aliphatic heterocycles. The summed E-state index contributed by atoms with van der Waals surface area (Å²) in [6.07, 6.45) is 0. The van der Waals surface area contributed by atoms with Gasteiger partial charge in [0.1, 0.15) is 0 Å². The Morgan fingerprint density at radius 1 is 1.62 bits per heavy atom. The van der Waals surface area contributed by atoms with Gasteiger partial charge in [0, 0.05) is 0 Å². The lowest BCUT2D eigenvalue weighted by atomic mass is 10.2. The molecule has 0 atom stereocenters.